The van der Waals surface area contributed by atoms with Crippen molar-refractivity contribution in [2.24, 2.45) is 11.8 Å². The maximum atomic E-state index is 11.8. The molecule has 0 unspecified atom stereocenters. The molecule has 1 amide bonds. The third-order valence-electron chi connectivity index (χ3n) is 3.08. The van der Waals surface area contributed by atoms with Crippen LogP contribution in [0, 0.1) is 5.92 Å². The molecule has 13 heavy (non-hydrogen) atoms. The van der Waals surface area contributed by atoms with Crippen LogP contribution < -0.4 is 5.84 Å². The number of amides is 1. The lowest BCUT2D eigenvalue weighted by Crippen LogP contribution is -2.53. The number of hydrazine groups is 1. The lowest BCUT2D eigenvalue weighted by molar-refractivity contribution is -0.139. The maximum Gasteiger partial charge on any atom is 0.225 e. The standard InChI is InChI=1S/C9H17N3O/c10-12-6-4-11(5-7-12)9(13)8-2-1-3-8/h8H,1-7,10H2. The van der Waals surface area contributed by atoms with Crippen LogP contribution in [0.3, 0.4) is 0 Å². The number of carbonyl (C=O) groups excluding carboxylic acids is 1. The number of rotatable bonds is 1. The number of carbonyl (C=O) groups is 1. The van der Waals surface area contributed by atoms with Crippen LogP contribution in [0.5, 0.6) is 0 Å². The molecule has 2 fully saturated rings. The zero-order chi connectivity index (χ0) is 9.26. The molecule has 0 aromatic carbocycles. The Morgan fingerprint density at radius 2 is 1.77 bits per heavy atom. The maximum absolute atomic E-state index is 11.8. The summed E-state index contributed by atoms with van der Waals surface area (Å²) < 4.78 is 0. The van der Waals surface area contributed by atoms with Crippen LogP contribution >= 0.6 is 0 Å². The fraction of sp³-hybridized carbons (Fsp3) is 0.889. The summed E-state index contributed by atoms with van der Waals surface area (Å²) in [7, 11) is 0. The first kappa shape index (κ1) is 8.97. The Hall–Kier alpha value is -0.610. The van der Waals surface area contributed by atoms with E-state index in [1.54, 1.807) is 5.01 Å². The minimum Gasteiger partial charge on any atom is -0.340 e. The summed E-state index contributed by atoms with van der Waals surface area (Å²) in [4.78, 5) is 13.7. The van der Waals surface area contributed by atoms with E-state index in [0.717, 1.165) is 39.0 Å². The van der Waals surface area contributed by atoms with Gasteiger partial charge in [-0.2, -0.15) is 0 Å². The predicted molar refractivity (Wildman–Crippen MR) is 49.7 cm³/mol. The van der Waals surface area contributed by atoms with E-state index < -0.39 is 0 Å². The zero-order valence-electron chi connectivity index (χ0n) is 7.91. The normalized spacial score (nSPS) is 25.8. The Bertz CT molecular complexity index is 195. The van der Waals surface area contributed by atoms with Crippen LogP contribution in [0.25, 0.3) is 0 Å². The third kappa shape index (κ3) is 1.84. The predicted octanol–water partition coefficient (Wildman–Crippen LogP) is -0.196. The molecule has 0 bridgehead atoms. The van der Waals surface area contributed by atoms with Crippen LogP contribution in [0.15, 0.2) is 0 Å². The van der Waals surface area contributed by atoms with Gasteiger partial charge in [-0.05, 0) is 12.8 Å². The van der Waals surface area contributed by atoms with Gasteiger partial charge >= 0.3 is 0 Å². The molecule has 1 heterocycles. The largest absolute Gasteiger partial charge is 0.340 e. The first-order chi connectivity index (χ1) is 6.27. The Kier molecular flexibility index (Phi) is 2.51. The topological polar surface area (TPSA) is 49.6 Å². The summed E-state index contributed by atoms with van der Waals surface area (Å²) in [5, 5.41) is 1.78. The van der Waals surface area contributed by atoms with Crippen LogP contribution in [0.4, 0.5) is 0 Å². The van der Waals surface area contributed by atoms with E-state index in [1.165, 1.54) is 6.42 Å². The van der Waals surface area contributed by atoms with Gasteiger partial charge in [-0.3, -0.25) is 10.6 Å². The number of piperazine rings is 1. The summed E-state index contributed by atoms with van der Waals surface area (Å²) >= 11 is 0. The van der Waals surface area contributed by atoms with Crippen molar-refractivity contribution in [1.82, 2.24) is 9.91 Å². The molecular weight excluding hydrogens is 166 g/mol. The highest BCUT2D eigenvalue weighted by Gasteiger charge is 2.30. The minimum atomic E-state index is 0.337. The smallest absolute Gasteiger partial charge is 0.225 e. The lowest BCUT2D eigenvalue weighted by atomic mass is 9.84. The fourth-order valence-electron chi connectivity index (χ4n) is 1.86. The van der Waals surface area contributed by atoms with Crippen molar-refractivity contribution >= 4 is 5.91 Å². The second-order valence-electron chi connectivity index (χ2n) is 3.99. The van der Waals surface area contributed by atoms with Crippen molar-refractivity contribution in [3.8, 4) is 0 Å². The minimum absolute atomic E-state index is 0.337. The Labute approximate surface area is 78.6 Å². The molecule has 0 aromatic heterocycles. The Balaban J connectivity index is 1.83. The van der Waals surface area contributed by atoms with Crippen LogP contribution in [0.1, 0.15) is 19.3 Å². The SMILES string of the molecule is NN1CCN(C(=O)C2CCC2)CC1. The molecule has 1 aliphatic heterocycles. The van der Waals surface area contributed by atoms with Crippen LogP contribution in [-0.2, 0) is 4.79 Å². The van der Waals surface area contributed by atoms with Gasteiger partial charge in [0.15, 0.2) is 0 Å². The van der Waals surface area contributed by atoms with Gasteiger partial charge in [-0.1, -0.05) is 6.42 Å². The molecule has 74 valence electrons. The molecule has 0 radical (unpaired) electrons. The van der Waals surface area contributed by atoms with Gasteiger partial charge in [0.05, 0.1) is 0 Å². The molecule has 0 spiro atoms. The molecule has 2 aliphatic rings. The third-order valence-corrected chi connectivity index (χ3v) is 3.08. The molecular formula is C9H17N3O. The lowest BCUT2D eigenvalue weighted by Gasteiger charge is -2.36. The van der Waals surface area contributed by atoms with E-state index in [1.807, 2.05) is 4.90 Å². The van der Waals surface area contributed by atoms with Crippen molar-refractivity contribution < 1.29 is 4.79 Å². The molecule has 1 saturated heterocycles. The second-order valence-corrected chi connectivity index (χ2v) is 3.99. The van der Waals surface area contributed by atoms with Crippen LogP contribution in [0.2, 0.25) is 0 Å². The number of nitrogens with two attached hydrogens (primary N) is 1. The molecule has 4 nitrogen and oxygen atoms in total. The van der Waals surface area contributed by atoms with E-state index in [9.17, 15) is 4.79 Å². The van der Waals surface area contributed by atoms with Gasteiger partial charge in [0, 0.05) is 32.1 Å². The van der Waals surface area contributed by atoms with Gasteiger partial charge in [0.1, 0.15) is 0 Å². The van der Waals surface area contributed by atoms with E-state index in [0.29, 0.717) is 11.8 Å². The average Bonchev–Trinajstić information content (AvgIpc) is 2.02. The number of nitrogens with zero attached hydrogens (tertiary/aromatic N) is 2. The second kappa shape index (κ2) is 3.64. The molecule has 2 rings (SSSR count). The zero-order valence-corrected chi connectivity index (χ0v) is 7.91. The molecule has 2 N–H and O–H groups in total. The van der Waals surface area contributed by atoms with Gasteiger partial charge in [0.2, 0.25) is 5.91 Å². The van der Waals surface area contributed by atoms with Crippen molar-refractivity contribution in [3.05, 3.63) is 0 Å². The van der Waals surface area contributed by atoms with Gasteiger partial charge in [-0.25, -0.2) is 5.01 Å². The first-order valence-corrected chi connectivity index (χ1v) is 5.06. The van der Waals surface area contributed by atoms with Gasteiger partial charge in [-0.15, -0.1) is 0 Å². The van der Waals surface area contributed by atoms with Crippen molar-refractivity contribution in [1.29, 1.82) is 0 Å². The van der Waals surface area contributed by atoms with Crippen molar-refractivity contribution in [3.63, 3.8) is 0 Å². The number of hydrogen-bond donors (Lipinski definition) is 1. The van der Waals surface area contributed by atoms with Crippen molar-refractivity contribution in [2.75, 3.05) is 26.2 Å². The van der Waals surface area contributed by atoms with E-state index >= 15 is 0 Å². The fourth-order valence-corrected chi connectivity index (χ4v) is 1.86. The highest BCUT2D eigenvalue weighted by molar-refractivity contribution is 5.79. The van der Waals surface area contributed by atoms with Crippen LogP contribution in [-0.4, -0.2) is 42.0 Å². The van der Waals surface area contributed by atoms with E-state index in [2.05, 4.69) is 0 Å². The molecule has 0 aromatic rings. The molecule has 1 saturated carbocycles. The molecule has 4 heteroatoms. The summed E-state index contributed by atoms with van der Waals surface area (Å²) in [5.74, 6) is 6.31. The molecule has 1 aliphatic carbocycles. The summed E-state index contributed by atoms with van der Waals surface area (Å²) in [6.07, 6.45) is 3.43. The highest BCUT2D eigenvalue weighted by Crippen LogP contribution is 2.28. The van der Waals surface area contributed by atoms with E-state index in [-0.39, 0.29) is 0 Å². The first-order valence-electron chi connectivity index (χ1n) is 5.06. The Morgan fingerprint density at radius 1 is 1.15 bits per heavy atom. The van der Waals surface area contributed by atoms with Gasteiger partial charge < -0.3 is 4.90 Å². The van der Waals surface area contributed by atoms with Gasteiger partial charge in [0.25, 0.3) is 0 Å². The quantitative estimate of drug-likeness (QED) is 0.573. The number of hydrogen-bond acceptors (Lipinski definition) is 3. The summed E-state index contributed by atoms with van der Waals surface area (Å²) in [5.41, 5.74) is 0. The van der Waals surface area contributed by atoms with Crippen molar-refractivity contribution in [2.45, 2.75) is 19.3 Å². The monoisotopic (exact) mass is 183 g/mol. The van der Waals surface area contributed by atoms with E-state index in [4.69, 9.17) is 5.84 Å². The Morgan fingerprint density at radius 3 is 2.23 bits per heavy atom. The average molecular weight is 183 g/mol. The summed E-state index contributed by atoms with van der Waals surface area (Å²) in [6, 6.07) is 0. The molecule has 0 atom stereocenters. The highest BCUT2D eigenvalue weighted by atomic mass is 16.2. The summed E-state index contributed by atoms with van der Waals surface area (Å²) in [6.45, 7) is 3.26.